The summed E-state index contributed by atoms with van der Waals surface area (Å²) >= 11 is 9.16. The number of halogens is 2. The van der Waals surface area contributed by atoms with Crippen LogP contribution in [0.5, 0.6) is 0 Å². The Morgan fingerprint density at radius 3 is 2.50 bits per heavy atom. The third-order valence-corrected chi connectivity index (χ3v) is 3.15. The van der Waals surface area contributed by atoms with Gasteiger partial charge in [-0.3, -0.25) is 4.79 Å². The summed E-state index contributed by atoms with van der Waals surface area (Å²) in [6, 6.07) is 14.6. The lowest BCUT2D eigenvalue weighted by atomic mass is 10.1. The maximum atomic E-state index is 11.9. The van der Waals surface area contributed by atoms with E-state index in [1.807, 2.05) is 24.3 Å². The molecule has 0 bridgehead atoms. The van der Waals surface area contributed by atoms with Crippen molar-refractivity contribution in [2.75, 3.05) is 0 Å². The number of carbonyl (C=O) groups excluding carboxylic acids is 1. The molecule has 0 aliphatic rings. The van der Waals surface area contributed by atoms with Crippen molar-refractivity contribution in [3.05, 3.63) is 75.2 Å². The average molecular weight is 322 g/mol. The van der Waals surface area contributed by atoms with Crippen molar-refractivity contribution in [2.24, 2.45) is 0 Å². The summed E-state index contributed by atoms with van der Waals surface area (Å²) in [6.07, 6.45) is 3.35. The Labute approximate surface area is 119 Å². The Balaban J connectivity index is 2.14. The van der Waals surface area contributed by atoms with Crippen LogP contribution < -0.4 is 0 Å². The van der Waals surface area contributed by atoms with Gasteiger partial charge in [0.1, 0.15) is 0 Å². The highest BCUT2D eigenvalue weighted by Gasteiger charge is 2.00. The molecule has 18 heavy (non-hydrogen) atoms. The van der Waals surface area contributed by atoms with Gasteiger partial charge in [-0.2, -0.15) is 0 Å². The van der Waals surface area contributed by atoms with E-state index in [-0.39, 0.29) is 5.78 Å². The summed E-state index contributed by atoms with van der Waals surface area (Å²) in [6.45, 7) is 0. The zero-order valence-electron chi connectivity index (χ0n) is 9.44. The van der Waals surface area contributed by atoms with Gasteiger partial charge in [0, 0.05) is 15.1 Å². The normalized spacial score (nSPS) is 10.8. The van der Waals surface area contributed by atoms with Crippen molar-refractivity contribution in [3.63, 3.8) is 0 Å². The number of ketones is 1. The molecule has 3 heteroatoms. The molecule has 2 rings (SSSR count). The number of allylic oxidation sites excluding steroid dienone is 1. The molecule has 0 aliphatic carbocycles. The van der Waals surface area contributed by atoms with Crippen LogP contribution in [0.2, 0.25) is 5.02 Å². The number of hydrogen-bond acceptors (Lipinski definition) is 1. The molecule has 0 radical (unpaired) electrons. The lowest BCUT2D eigenvalue weighted by molar-refractivity contribution is 0.104. The van der Waals surface area contributed by atoms with Gasteiger partial charge < -0.3 is 0 Å². The topological polar surface area (TPSA) is 17.1 Å². The van der Waals surface area contributed by atoms with Crippen LogP contribution in [0.3, 0.4) is 0 Å². The average Bonchev–Trinajstić information content (AvgIpc) is 2.37. The molecule has 0 spiro atoms. The van der Waals surface area contributed by atoms with E-state index in [9.17, 15) is 4.79 Å². The third kappa shape index (κ3) is 3.56. The Bertz CT molecular complexity index is 588. The molecule has 0 N–H and O–H groups in total. The largest absolute Gasteiger partial charge is 0.289 e. The Hall–Kier alpha value is -1.38. The number of benzene rings is 2. The van der Waals surface area contributed by atoms with Crippen LogP contribution in [0.1, 0.15) is 15.9 Å². The molecule has 2 aromatic carbocycles. The van der Waals surface area contributed by atoms with Crippen LogP contribution in [-0.4, -0.2) is 5.78 Å². The van der Waals surface area contributed by atoms with Crippen LogP contribution in [0.15, 0.2) is 59.1 Å². The third-order valence-electron chi connectivity index (χ3n) is 2.40. The maximum Gasteiger partial charge on any atom is 0.185 e. The van der Waals surface area contributed by atoms with E-state index in [2.05, 4.69) is 15.9 Å². The molecule has 1 nitrogen and oxygen atoms in total. The van der Waals surface area contributed by atoms with Crippen LogP contribution in [-0.2, 0) is 0 Å². The smallest absolute Gasteiger partial charge is 0.185 e. The Morgan fingerprint density at radius 2 is 1.83 bits per heavy atom. The van der Waals surface area contributed by atoms with Crippen LogP contribution >= 0.6 is 27.5 Å². The number of hydrogen-bond donors (Lipinski definition) is 0. The van der Waals surface area contributed by atoms with Crippen molar-refractivity contribution in [3.8, 4) is 0 Å². The molecule has 0 aromatic heterocycles. The first-order valence-electron chi connectivity index (χ1n) is 5.39. The van der Waals surface area contributed by atoms with Crippen LogP contribution in [0.25, 0.3) is 6.08 Å². The van der Waals surface area contributed by atoms with E-state index in [1.54, 1.807) is 36.4 Å². The lowest BCUT2D eigenvalue weighted by Crippen LogP contribution is -1.92. The molecule has 90 valence electrons. The van der Waals surface area contributed by atoms with E-state index in [0.29, 0.717) is 10.6 Å². The van der Waals surface area contributed by atoms with E-state index < -0.39 is 0 Å². The van der Waals surface area contributed by atoms with Crippen molar-refractivity contribution in [2.45, 2.75) is 0 Å². The Morgan fingerprint density at radius 1 is 1.11 bits per heavy atom. The van der Waals surface area contributed by atoms with E-state index >= 15 is 0 Å². The highest BCUT2D eigenvalue weighted by molar-refractivity contribution is 9.10. The van der Waals surface area contributed by atoms with Crippen molar-refractivity contribution >= 4 is 39.4 Å². The van der Waals surface area contributed by atoms with Crippen molar-refractivity contribution in [1.82, 2.24) is 0 Å². The molecular weight excluding hydrogens is 312 g/mol. The van der Waals surface area contributed by atoms with Crippen LogP contribution in [0.4, 0.5) is 0 Å². The van der Waals surface area contributed by atoms with E-state index in [0.717, 1.165) is 10.0 Å². The second-order valence-corrected chi connectivity index (χ2v) is 5.11. The summed E-state index contributed by atoms with van der Waals surface area (Å²) in [4.78, 5) is 11.9. The lowest BCUT2D eigenvalue weighted by Gasteiger charge is -1.97. The molecule has 0 unspecified atom stereocenters. The SMILES string of the molecule is O=C(/C=C\c1cccc(Br)c1)c1ccc(Cl)cc1. The van der Waals surface area contributed by atoms with Crippen LogP contribution in [0, 0.1) is 0 Å². The van der Waals surface area contributed by atoms with Gasteiger partial charge in [-0.1, -0.05) is 45.7 Å². The highest BCUT2D eigenvalue weighted by Crippen LogP contribution is 2.14. The minimum atomic E-state index is -0.0355. The second kappa shape index (κ2) is 5.98. The molecule has 0 fully saturated rings. The van der Waals surface area contributed by atoms with Crippen molar-refractivity contribution in [1.29, 1.82) is 0 Å². The molecular formula is C15H10BrClO. The van der Waals surface area contributed by atoms with Gasteiger partial charge in [0.25, 0.3) is 0 Å². The van der Waals surface area contributed by atoms with Crippen molar-refractivity contribution < 1.29 is 4.79 Å². The first-order valence-corrected chi connectivity index (χ1v) is 6.56. The monoisotopic (exact) mass is 320 g/mol. The van der Waals surface area contributed by atoms with Gasteiger partial charge in [-0.25, -0.2) is 0 Å². The molecule has 0 saturated heterocycles. The second-order valence-electron chi connectivity index (χ2n) is 3.76. The van der Waals surface area contributed by atoms with Gasteiger partial charge in [0.2, 0.25) is 0 Å². The Kier molecular flexibility index (Phi) is 4.34. The minimum absolute atomic E-state index is 0.0355. The van der Waals surface area contributed by atoms with Gasteiger partial charge in [-0.05, 0) is 48.0 Å². The fourth-order valence-electron chi connectivity index (χ4n) is 1.49. The first kappa shape index (κ1) is 13.1. The zero-order chi connectivity index (χ0) is 13.0. The standard InChI is InChI=1S/C15H10BrClO/c16-13-3-1-2-11(10-13)4-9-15(18)12-5-7-14(17)8-6-12/h1-10H/b9-4-. The minimum Gasteiger partial charge on any atom is -0.289 e. The van der Waals surface area contributed by atoms with Gasteiger partial charge >= 0.3 is 0 Å². The number of carbonyl (C=O) groups is 1. The van der Waals surface area contributed by atoms with E-state index in [1.165, 1.54) is 0 Å². The predicted molar refractivity (Wildman–Crippen MR) is 79.0 cm³/mol. The summed E-state index contributed by atoms with van der Waals surface area (Å²) in [5.41, 5.74) is 1.61. The molecule has 0 heterocycles. The summed E-state index contributed by atoms with van der Waals surface area (Å²) in [7, 11) is 0. The molecule has 0 aliphatic heterocycles. The molecule has 0 atom stereocenters. The first-order chi connectivity index (χ1) is 8.65. The molecule has 0 amide bonds. The fourth-order valence-corrected chi connectivity index (χ4v) is 2.04. The zero-order valence-corrected chi connectivity index (χ0v) is 11.8. The van der Waals surface area contributed by atoms with E-state index in [4.69, 9.17) is 11.6 Å². The summed E-state index contributed by atoms with van der Waals surface area (Å²) < 4.78 is 0.989. The van der Waals surface area contributed by atoms with Gasteiger partial charge in [0.05, 0.1) is 0 Å². The van der Waals surface area contributed by atoms with Gasteiger partial charge in [-0.15, -0.1) is 0 Å². The maximum absolute atomic E-state index is 11.9. The summed E-state index contributed by atoms with van der Waals surface area (Å²) in [5, 5.41) is 0.627. The quantitative estimate of drug-likeness (QED) is 0.574. The molecule has 0 saturated carbocycles. The van der Waals surface area contributed by atoms with Gasteiger partial charge in [0.15, 0.2) is 5.78 Å². The number of rotatable bonds is 3. The highest BCUT2D eigenvalue weighted by atomic mass is 79.9. The predicted octanol–water partition coefficient (Wildman–Crippen LogP) is 5.00. The molecule has 2 aromatic rings. The fraction of sp³-hybridized carbons (Fsp3) is 0. The summed E-state index contributed by atoms with van der Waals surface area (Å²) in [5.74, 6) is -0.0355.